The molecule has 0 bridgehead atoms. The molecule has 1 aromatic carbocycles. The molecule has 0 amide bonds. The molecule has 1 N–H and O–H groups in total. The van der Waals surface area contributed by atoms with Gasteiger partial charge in [0.2, 0.25) is 0 Å². The minimum absolute atomic E-state index is 0.636. The van der Waals surface area contributed by atoms with Gasteiger partial charge in [-0.3, -0.25) is 4.79 Å². The van der Waals surface area contributed by atoms with Crippen LogP contribution in [0, 0.1) is 0 Å². The van der Waals surface area contributed by atoms with E-state index in [2.05, 4.69) is 0 Å². The molecule has 1 fully saturated rings. The highest BCUT2D eigenvalue weighted by molar-refractivity contribution is 6.30. The summed E-state index contributed by atoms with van der Waals surface area (Å²) in [6, 6.07) is 5.64. The van der Waals surface area contributed by atoms with E-state index >= 15 is 0 Å². The standard InChI is InChI=1S/C12H13ClO2/c1-2-8-5-9(7-10(13)6-8)12(3-4-12)11(14)15/h5-7H,2-4H2,1H3,(H,14,15). The molecular weight excluding hydrogens is 212 g/mol. The summed E-state index contributed by atoms with van der Waals surface area (Å²) in [5.41, 5.74) is 1.32. The Kier molecular flexibility index (Phi) is 2.47. The zero-order valence-electron chi connectivity index (χ0n) is 8.59. The van der Waals surface area contributed by atoms with Gasteiger partial charge in [0, 0.05) is 5.02 Å². The van der Waals surface area contributed by atoms with Crippen LogP contribution in [0.2, 0.25) is 5.02 Å². The first-order valence-corrected chi connectivity index (χ1v) is 5.49. The molecule has 1 aliphatic rings. The van der Waals surface area contributed by atoms with Crippen molar-refractivity contribution in [3.05, 3.63) is 34.3 Å². The normalized spacial score (nSPS) is 17.5. The van der Waals surface area contributed by atoms with Crippen LogP contribution < -0.4 is 0 Å². The van der Waals surface area contributed by atoms with Gasteiger partial charge in [-0.05, 0) is 42.5 Å². The minimum atomic E-state index is -0.730. The quantitative estimate of drug-likeness (QED) is 0.857. The van der Waals surface area contributed by atoms with Gasteiger partial charge in [0.15, 0.2) is 0 Å². The minimum Gasteiger partial charge on any atom is -0.481 e. The molecule has 15 heavy (non-hydrogen) atoms. The van der Waals surface area contributed by atoms with Crippen LogP contribution in [-0.4, -0.2) is 11.1 Å². The number of rotatable bonds is 3. The highest BCUT2D eigenvalue weighted by Crippen LogP contribution is 2.49. The van der Waals surface area contributed by atoms with Crippen molar-refractivity contribution >= 4 is 17.6 Å². The van der Waals surface area contributed by atoms with Crippen molar-refractivity contribution in [1.29, 1.82) is 0 Å². The highest BCUT2D eigenvalue weighted by Gasteiger charge is 2.51. The molecule has 0 spiro atoms. The summed E-state index contributed by atoms with van der Waals surface area (Å²) < 4.78 is 0. The third-order valence-corrected chi connectivity index (χ3v) is 3.30. The monoisotopic (exact) mass is 224 g/mol. The number of carbonyl (C=O) groups is 1. The zero-order chi connectivity index (χ0) is 11.1. The molecule has 2 nitrogen and oxygen atoms in total. The topological polar surface area (TPSA) is 37.3 Å². The van der Waals surface area contributed by atoms with E-state index in [1.807, 2.05) is 19.1 Å². The van der Waals surface area contributed by atoms with Crippen molar-refractivity contribution in [1.82, 2.24) is 0 Å². The van der Waals surface area contributed by atoms with E-state index < -0.39 is 11.4 Å². The van der Waals surface area contributed by atoms with Crippen molar-refractivity contribution in [2.45, 2.75) is 31.6 Å². The molecule has 0 saturated heterocycles. The number of halogens is 1. The number of aryl methyl sites for hydroxylation is 1. The number of hydrogen-bond donors (Lipinski definition) is 1. The average molecular weight is 225 g/mol. The molecule has 0 radical (unpaired) electrons. The predicted octanol–water partition coefficient (Wildman–Crippen LogP) is 3.02. The van der Waals surface area contributed by atoms with Crippen LogP contribution in [0.15, 0.2) is 18.2 Å². The third-order valence-electron chi connectivity index (χ3n) is 3.08. The fourth-order valence-electron chi connectivity index (χ4n) is 1.88. The van der Waals surface area contributed by atoms with Gasteiger partial charge < -0.3 is 5.11 Å². The van der Waals surface area contributed by atoms with Gasteiger partial charge >= 0.3 is 5.97 Å². The number of benzene rings is 1. The Morgan fingerprint density at radius 1 is 1.47 bits per heavy atom. The van der Waals surface area contributed by atoms with Crippen LogP contribution in [0.5, 0.6) is 0 Å². The molecule has 0 aliphatic heterocycles. The van der Waals surface area contributed by atoms with E-state index in [1.165, 1.54) is 0 Å². The molecule has 0 heterocycles. The van der Waals surface area contributed by atoms with E-state index in [1.54, 1.807) is 6.07 Å². The summed E-state index contributed by atoms with van der Waals surface area (Å²) in [6.45, 7) is 2.04. The maximum absolute atomic E-state index is 11.2. The summed E-state index contributed by atoms with van der Waals surface area (Å²) >= 11 is 5.97. The maximum Gasteiger partial charge on any atom is 0.314 e. The van der Waals surface area contributed by atoms with E-state index in [9.17, 15) is 4.79 Å². The molecule has 1 aromatic rings. The second-order valence-electron chi connectivity index (χ2n) is 4.09. The molecule has 2 rings (SSSR count). The second-order valence-corrected chi connectivity index (χ2v) is 4.53. The van der Waals surface area contributed by atoms with Crippen LogP contribution >= 0.6 is 11.6 Å². The Balaban J connectivity index is 2.44. The second kappa shape index (κ2) is 3.53. The molecular formula is C12H13ClO2. The van der Waals surface area contributed by atoms with Gasteiger partial charge in [0.25, 0.3) is 0 Å². The Bertz CT molecular complexity index is 408. The lowest BCUT2D eigenvalue weighted by Gasteiger charge is -2.12. The lowest BCUT2D eigenvalue weighted by Crippen LogP contribution is -2.19. The number of aliphatic carboxylic acids is 1. The largest absolute Gasteiger partial charge is 0.481 e. The van der Waals surface area contributed by atoms with Crippen LogP contribution in [0.4, 0.5) is 0 Å². The molecule has 80 valence electrons. The average Bonchev–Trinajstić information content (AvgIpc) is 2.97. The van der Waals surface area contributed by atoms with Crippen molar-refractivity contribution in [2.75, 3.05) is 0 Å². The highest BCUT2D eigenvalue weighted by atomic mass is 35.5. The lowest BCUT2D eigenvalue weighted by atomic mass is 9.94. The SMILES string of the molecule is CCc1cc(Cl)cc(C2(C(=O)O)CC2)c1. The zero-order valence-corrected chi connectivity index (χ0v) is 9.34. The van der Waals surface area contributed by atoms with Crippen molar-refractivity contribution in [3.8, 4) is 0 Å². The lowest BCUT2D eigenvalue weighted by molar-refractivity contribution is -0.140. The van der Waals surface area contributed by atoms with Crippen molar-refractivity contribution < 1.29 is 9.90 Å². The van der Waals surface area contributed by atoms with E-state index in [-0.39, 0.29) is 0 Å². The smallest absolute Gasteiger partial charge is 0.314 e. The molecule has 1 saturated carbocycles. The summed E-state index contributed by atoms with van der Waals surface area (Å²) in [4.78, 5) is 11.2. The molecule has 0 unspecified atom stereocenters. The van der Waals surface area contributed by atoms with Crippen molar-refractivity contribution in [3.63, 3.8) is 0 Å². The predicted molar refractivity (Wildman–Crippen MR) is 59.4 cm³/mol. The van der Waals surface area contributed by atoms with Gasteiger partial charge in [-0.1, -0.05) is 24.6 Å². The fraction of sp³-hybridized carbons (Fsp3) is 0.417. The van der Waals surface area contributed by atoms with Gasteiger partial charge in [0.05, 0.1) is 5.41 Å². The van der Waals surface area contributed by atoms with Gasteiger partial charge in [0.1, 0.15) is 0 Å². The van der Waals surface area contributed by atoms with Crippen LogP contribution in [-0.2, 0) is 16.6 Å². The molecule has 3 heteroatoms. The van der Waals surface area contributed by atoms with Gasteiger partial charge in [-0.25, -0.2) is 0 Å². The Labute approximate surface area is 93.9 Å². The summed E-state index contributed by atoms with van der Waals surface area (Å²) in [7, 11) is 0. The van der Waals surface area contributed by atoms with Crippen LogP contribution in [0.25, 0.3) is 0 Å². The maximum atomic E-state index is 11.2. The van der Waals surface area contributed by atoms with E-state index in [4.69, 9.17) is 16.7 Å². The number of carboxylic acids is 1. The van der Waals surface area contributed by atoms with Gasteiger partial charge in [-0.15, -0.1) is 0 Å². The first-order chi connectivity index (χ1) is 7.08. The van der Waals surface area contributed by atoms with Crippen LogP contribution in [0.3, 0.4) is 0 Å². The van der Waals surface area contributed by atoms with Gasteiger partial charge in [-0.2, -0.15) is 0 Å². The fourth-order valence-corrected chi connectivity index (χ4v) is 2.14. The Morgan fingerprint density at radius 3 is 2.60 bits per heavy atom. The van der Waals surface area contributed by atoms with E-state index in [0.29, 0.717) is 5.02 Å². The summed E-state index contributed by atoms with van der Waals surface area (Å²) in [6.07, 6.45) is 2.33. The number of carboxylic acid groups (broad SMARTS) is 1. The Hall–Kier alpha value is -1.02. The van der Waals surface area contributed by atoms with Crippen LogP contribution in [0.1, 0.15) is 30.9 Å². The summed E-state index contributed by atoms with van der Waals surface area (Å²) in [5, 5.41) is 9.80. The molecule has 0 aromatic heterocycles. The summed E-state index contributed by atoms with van der Waals surface area (Å²) in [5.74, 6) is -0.730. The Morgan fingerprint density at radius 2 is 2.13 bits per heavy atom. The molecule has 0 atom stereocenters. The van der Waals surface area contributed by atoms with Crippen molar-refractivity contribution in [2.24, 2.45) is 0 Å². The first kappa shape index (κ1) is 10.5. The van der Waals surface area contributed by atoms with E-state index in [0.717, 1.165) is 30.4 Å². The third kappa shape index (κ3) is 1.74. The first-order valence-electron chi connectivity index (χ1n) is 5.12. The molecule has 1 aliphatic carbocycles. The number of hydrogen-bond acceptors (Lipinski definition) is 1.